The third kappa shape index (κ3) is 7.12. The molecule has 19 heavy (non-hydrogen) atoms. The highest BCUT2D eigenvalue weighted by Gasteiger charge is 2.14. The highest BCUT2D eigenvalue weighted by Crippen LogP contribution is 2.32. The fourth-order valence-corrected chi connectivity index (χ4v) is 4.37. The summed E-state index contributed by atoms with van der Waals surface area (Å²) in [6.45, 7) is 0. The Labute approximate surface area is 120 Å². The molecule has 1 heterocycles. The fourth-order valence-electron chi connectivity index (χ4n) is 1.46. The van der Waals surface area contributed by atoms with Crippen LogP contribution in [0.4, 0.5) is 0 Å². The van der Waals surface area contributed by atoms with Crippen LogP contribution in [0.25, 0.3) is 0 Å². The molecule has 0 amide bonds. The Morgan fingerprint density at radius 1 is 1.05 bits per heavy atom. The number of rotatable bonds is 2. The molecule has 0 radical (unpaired) electrons. The monoisotopic (exact) mass is 298 g/mol. The molecular formula is C13H14O4S2-2. The van der Waals surface area contributed by atoms with Crippen LogP contribution in [-0.4, -0.2) is 28.0 Å². The van der Waals surface area contributed by atoms with Gasteiger partial charge >= 0.3 is 0 Å². The molecule has 0 saturated carbocycles. The van der Waals surface area contributed by atoms with Crippen LogP contribution < -0.4 is 10.2 Å². The van der Waals surface area contributed by atoms with Crippen LogP contribution in [0.1, 0.15) is 12.0 Å². The fraction of sp³-hybridized carbons (Fsp3) is 0.385. The van der Waals surface area contributed by atoms with Crippen molar-refractivity contribution in [2.45, 2.75) is 17.4 Å². The second-order valence-corrected chi connectivity index (χ2v) is 6.71. The molecule has 0 atom stereocenters. The van der Waals surface area contributed by atoms with Crippen molar-refractivity contribution in [3.63, 3.8) is 0 Å². The number of aliphatic carboxylic acids is 2. The minimum Gasteiger partial charge on any atom is -0.543 e. The zero-order chi connectivity index (χ0) is 14.1. The van der Waals surface area contributed by atoms with Crippen LogP contribution in [0.2, 0.25) is 0 Å². The molecule has 0 aromatic heterocycles. The number of carbonyl (C=O) groups is 2. The van der Waals surface area contributed by atoms with Gasteiger partial charge < -0.3 is 19.8 Å². The molecule has 104 valence electrons. The average Bonchev–Trinajstić information content (AvgIpc) is 2.41. The van der Waals surface area contributed by atoms with E-state index < -0.39 is 11.9 Å². The summed E-state index contributed by atoms with van der Waals surface area (Å²) in [6.07, 6.45) is 2.62. The van der Waals surface area contributed by atoms with E-state index >= 15 is 0 Å². The van der Waals surface area contributed by atoms with Crippen molar-refractivity contribution in [2.24, 2.45) is 0 Å². The predicted octanol–water partition coefficient (Wildman–Crippen LogP) is -0.0885. The van der Waals surface area contributed by atoms with Gasteiger partial charge in [0.2, 0.25) is 0 Å². The van der Waals surface area contributed by atoms with Crippen LogP contribution in [0.5, 0.6) is 0 Å². The predicted molar refractivity (Wildman–Crippen MR) is 73.5 cm³/mol. The quantitative estimate of drug-likeness (QED) is 0.710. The maximum atomic E-state index is 8.93. The zero-order valence-electron chi connectivity index (χ0n) is 10.2. The van der Waals surface area contributed by atoms with Crippen LogP contribution in [0.15, 0.2) is 30.3 Å². The first-order valence-corrected chi connectivity index (χ1v) is 7.89. The Balaban J connectivity index is 0.000000258. The molecule has 1 aromatic carbocycles. The lowest BCUT2D eigenvalue weighted by atomic mass is 10.2. The van der Waals surface area contributed by atoms with Gasteiger partial charge in [-0.25, -0.2) is 0 Å². The van der Waals surface area contributed by atoms with E-state index in [0.717, 1.165) is 4.58 Å². The largest absolute Gasteiger partial charge is 0.543 e. The molecule has 0 unspecified atom stereocenters. The number of carboxylic acid groups (broad SMARTS) is 2. The minimum atomic E-state index is -2.19. The summed E-state index contributed by atoms with van der Waals surface area (Å²) in [5, 5.41) is 17.9. The minimum absolute atomic E-state index is 0.802. The van der Waals surface area contributed by atoms with Gasteiger partial charge in [-0.15, -0.1) is 23.5 Å². The van der Waals surface area contributed by atoms with E-state index in [1.807, 2.05) is 0 Å². The molecule has 2 rings (SSSR count). The normalized spacial score (nSPS) is 15.2. The molecule has 1 saturated heterocycles. The number of hydrogen-bond acceptors (Lipinski definition) is 6. The number of carboxylic acids is 2. The Bertz CT molecular complexity index is 390. The van der Waals surface area contributed by atoms with Gasteiger partial charge in [0, 0.05) is 0 Å². The molecule has 6 heteroatoms. The Kier molecular flexibility index (Phi) is 7.43. The second kappa shape index (κ2) is 8.87. The smallest absolute Gasteiger partial charge is 0.0870 e. The molecule has 0 bridgehead atoms. The molecule has 1 aliphatic rings. The lowest BCUT2D eigenvalue weighted by Gasteiger charge is -2.20. The summed E-state index contributed by atoms with van der Waals surface area (Å²) < 4.78 is 0.802. The van der Waals surface area contributed by atoms with E-state index in [4.69, 9.17) is 19.8 Å². The lowest BCUT2D eigenvalue weighted by molar-refractivity contribution is -0.345. The van der Waals surface area contributed by atoms with Gasteiger partial charge in [-0.3, -0.25) is 0 Å². The number of thioether (sulfide) groups is 2. The lowest BCUT2D eigenvalue weighted by Crippen LogP contribution is -2.42. The standard InChI is InChI=1S/C11H14S2.C2H2O4/c1-2-5-10(6-3-1)9-11-12-7-4-8-13-11;3-1(4)2(5)6/h1-3,5-6,11H,4,7-9H2;(H,3,4)(H,5,6)/p-2. The molecule has 0 aliphatic carbocycles. The Morgan fingerprint density at radius 2 is 1.58 bits per heavy atom. The number of benzene rings is 1. The van der Waals surface area contributed by atoms with Crippen molar-refractivity contribution < 1.29 is 19.8 Å². The van der Waals surface area contributed by atoms with E-state index in [1.165, 1.54) is 29.9 Å². The first kappa shape index (κ1) is 15.9. The molecular weight excluding hydrogens is 284 g/mol. The van der Waals surface area contributed by atoms with Gasteiger partial charge in [0.15, 0.2) is 0 Å². The highest BCUT2D eigenvalue weighted by atomic mass is 32.2. The van der Waals surface area contributed by atoms with E-state index in [-0.39, 0.29) is 0 Å². The van der Waals surface area contributed by atoms with Crippen molar-refractivity contribution in [3.05, 3.63) is 35.9 Å². The van der Waals surface area contributed by atoms with Crippen molar-refractivity contribution in [2.75, 3.05) is 11.5 Å². The van der Waals surface area contributed by atoms with E-state index in [9.17, 15) is 0 Å². The maximum absolute atomic E-state index is 8.93. The van der Waals surface area contributed by atoms with Crippen molar-refractivity contribution in [1.29, 1.82) is 0 Å². The van der Waals surface area contributed by atoms with E-state index in [2.05, 4.69) is 53.9 Å². The second-order valence-electron chi connectivity index (χ2n) is 3.79. The number of hydrogen-bond donors (Lipinski definition) is 0. The summed E-state index contributed by atoms with van der Waals surface area (Å²) in [5.41, 5.74) is 1.48. The van der Waals surface area contributed by atoms with Gasteiger partial charge in [0.05, 0.1) is 16.5 Å². The molecule has 0 N–H and O–H groups in total. The van der Waals surface area contributed by atoms with Gasteiger partial charge in [-0.1, -0.05) is 30.3 Å². The third-order valence-corrected chi connectivity index (χ3v) is 5.25. The topological polar surface area (TPSA) is 80.3 Å². The van der Waals surface area contributed by atoms with Gasteiger partial charge in [0.1, 0.15) is 0 Å². The van der Waals surface area contributed by atoms with Crippen molar-refractivity contribution >= 4 is 35.5 Å². The molecule has 1 aliphatic heterocycles. The molecule has 0 spiro atoms. The van der Waals surface area contributed by atoms with Gasteiger partial charge in [0.25, 0.3) is 0 Å². The summed E-state index contributed by atoms with van der Waals surface area (Å²) in [4.78, 5) is 17.9. The summed E-state index contributed by atoms with van der Waals surface area (Å²) >= 11 is 4.24. The number of carbonyl (C=O) groups excluding carboxylic acids is 2. The SMILES string of the molecule is O=C([O-])C(=O)[O-].c1ccc(CC2SCCCS2)cc1. The summed E-state index contributed by atoms with van der Waals surface area (Å²) in [7, 11) is 0. The molecule has 1 fully saturated rings. The van der Waals surface area contributed by atoms with Crippen LogP contribution in [0, 0.1) is 0 Å². The zero-order valence-corrected chi connectivity index (χ0v) is 11.9. The van der Waals surface area contributed by atoms with Gasteiger partial charge in [-0.05, 0) is 29.9 Å². The van der Waals surface area contributed by atoms with Crippen LogP contribution in [0.3, 0.4) is 0 Å². The Morgan fingerprint density at radius 3 is 2.05 bits per heavy atom. The maximum Gasteiger partial charge on any atom is 0.0870 e. The first-order valence-electron chi connectivity index (χ1n) is 5.79. The van der Waals surface area contributed by atoms with Crippen molar-refractivity contribution in [1.82, 2.24) is 0 Å². The summed E-state index contributed by atoms with van der Waals surface area (Å²) in [6, 6.07) is 10.8. The highest BCUT2D eigenvalue weighted by molar-refractivity contribution is 8.17. The Hall–Kier alpha value is -1.14. The van der Waals surface area contributed by atoms with Crippen LogP contribution in [-0.2, 0) is 16.0 Å². The van der Waals surface area contributed by atoms with E-state index in [1.54, 1.807) is 0 Å². The van der Waals surface area contributed by atoms with Gasteiger partial charge in [-0.2, -0.15) is 0 Å². The van der Waals surface area contributed by atoms with Crippen molar-refractivity contribution in [3.8, 4) is 0 Å². The van der Waals surface area contributed by atoms with Crippen LogP contribution >= 0.6 is 23.5 Å². The summed E-state index contributed by atoms with van der Waals surface area (Å²) in [5.74, 6) is -1.67. The third-order valence-electron chi connectivity index (χ3n) is 2.31. The first-order chi connectivity index (χ1) is 9.09. The molecule has 4 nitrogen and oxygen atoms in total. The van der Waals surface area contributed by atoms with E-state index in [0.29, 0.717) is 0 Å². The molecule has 1 aromatic rings. The average molecular weight is 298 g/mol.